The fourth-order valence-electron chi connectivity index (χ4n) is 5.42. The van der Waals surface area contributed by atoms with Crippen LogP contribution >= 0.6 is 18.5 Å². The zero-order valence-corrected chi connectivity index (χ0v) is 18.4. The zero-order chi connectivity index (χ0) is 20.4. The lowest BCUT2D eigenvalue weighted by atomic mass is 9.53. The van der Waals surface area contributed by atoms with E-state index in [0.29, 0.717) is 0 Å². The molecule has 148 valence electrons. The minimum absolute atomic E-state index is 0.230. The van der Waals surface area contributed by atoms with Gasteiger partial charge in [-0.1, -0.05) is 133 Å². The minimum atomic E-state index is -0.663. The van der Waals surface area contributed by atoms with Crippen molar-refractivity contribution in [1.82, 2.24) is 0 Å². The summed E-state index contributed by atoms with van der Waals surface area (Å²) >= 11 is 7.15. The number of hydrogen-bond acceptors (Lipinski definition) is 0. The lowest BCUT2D eigenvalue weighted by Gasteiger charge is -2.48. The van der Waals surface area contributed by atoms with Crippen molar-refractivity contribution in [3.8, 4) is 0 Å². The molecule has 4 aromatic rings. The second-order valence-corrected chi connectivity index (χ2v) is 11.0. The molecule has 0 aliphatic carbocycles. The van der Waals surface area contributed by atoms with E-state index in [1.165, 1.54) is 22.3 Å². The fraction of sp³-hybridized carbons (Fsp3) is 0.143. The molecule has 0 atom stereocenters. The van der Waals surface area contributed by atoms with Crippen LogP contribution in [0, 0.1) is 0 Å². The summed E-state index contributed by atoms with van der Waals surface area (Å²) in [5.74, 6) is 0. The van der Waals surface area contributed by atoms with Gasteiger partial charge in [-0.3, -0.25) is 0 Å². The first kappa shape index (κ1) is 19.6. The van der Waals surface area contributed by atoms with Gasteiger partial charge in [0, 0.05) is 10.8 Å². The summed E-state index contributed by atoms with van der Waals surface area (Å²) in [6.45, 7) is 0. The Hall–Kier alpha value is -2.40. The highest BCUT2D eigenvalue weighted by molar-refractivity contribution is 7.84. The van der Waals surface area contributed by atoms with Crippen LogP contribution < -0.4 is 0 Å². The van der Waals surface area contributed by atoms with Crippen LogP contribution in [-0.4, -0.2) is 12.3 Å². The van der Waals surface area contributed by atoms with Gasteiger partial charge in [-0.25, -0.2) is 0 Å². The SMILES string of the molecule is ClP1CC(c2ccccc2)(c2ccccc2)C(c2ccccc2)(c2ccccc2)C1. The molecule has 1 heterocycles. The van der Waals surface area contributed by atoms with Gasteiger partial charge < -0.3 is 0 Å². The summed E-state index contributed by atoms with van der Waals surface area (Å²) in [4.78, 5) is 0. The van der Waals surface area contributed by atoms with Crippen molar-refractivity contribution in [2.24, 2.45) is 0 Å². The molecule has 1 aliphatic rings. The predicted molar refractivity (Wildman–Crippen MR) is 130 cm³/mol. The summed E-state index contributed by atoms with van der Waals surface area (Å²) in [5, 5.41) is 0. The molecule has 0 spiro atoms. The molecule has 0 aromatic heterocycles. The average Bonchev–Trinajstić information content (AvgIpc) is 3.16. The van der Waals surface area contributed by atoms with E-state index in [9.17, 15) is 0 Å². The van der Waals surface area contributed by atoms with Gasteiger partial charge in [0.05, 0.1) is 0 Å². The highest BCUT2D eigenvalue weighted by Crippen LogP contribution is 2.69. The molecular formula is C28H24ClP. The van der Waals surface area contributed by atoms with Crippen LogP contribution in [0.3, 0.4) is 0 Å². The maximum atomic E-state index is 7.15. The van der Waals surface area contributed by atoms with Crippen LogP contribution in [0.4, 0.5) is 0 Å². The van der Waals surface area contributed by atoms with E-state index in [1.54, 1.807) is 0 Å². The van der Waals surface area contributed by atoms with Crippen molar-refractivity contribution >= 4 is 18.5 Å². The highest BCUT2D eigenvalue weighted by Gasteiger charge is 2.61. The number of benzene rings is 4. The summed E-state index contributed by atoms with van der Waals surface area (Å²) in [5.41, 5.74) is 4.91. The quantitative estimate of drug-likeness (QED) is 0.294. The second kappa shape index (κ2) is 8.03. The van der Waals surface area contributed by atoms with E-state index in [2.05, 4.69) is 121 Å². The fourth-order valence-corrected chi connectivity index (χ4v) is 8.90. The van der Waals surface area contributed by atoms with Crippen molar-refractivity contribution in [3.05, 3.63) is 144 Å². The number of hydrogen-bond donors (Lipinski definition) is 0. The van der Waals surface area contributed by atoms with Gasteiger partial charge >= 0.3 is 0 Å². The third-order valence-corrected chi connectivity index (χ3v) is 8.96. The second-order valence-electron chi connectivity index (χ2n) is 8.05. The molecule has 1 aliphatic heterocycles. The number of halogens is 1. The first-order valence-corrected chi connectivity index (χ1v) is 13.0. The molecule has 1 saturated heterocycles. The molecule has 4 aromatic carbocycles. The van der Waals surface area contributed by atoms with Gasteiger partial charge in [-0.2, -0.15) is 0 Å². The molecule has 0 bridgehead atoms. The van der Waals surface area contributed by atoms with E-state index in [0.717, 1.165) is 12.3 Å². The summed E-state index contributed by atoms with van der Waals surface area (Å²) < 4.78 is 0. The largest absolute Gasteiger partial charge is 0.0963 e. The highest BCUT2D eigenvalue weighted by atomic mass is 35.7. The Kier molecular flexibility index (Phi) is 5.23. The maximum Gasteiger partial charge on any atom is 0.0393 e. The molecule has 2 heteroatoms. The molecule has 30 heavy (non-hydrogen) atoms. The Labute approximate surface area is 185 Å². The van der Waals surface area contributed by atoms with Crippen LogP contribution in [0.5, 0.6) is 0 Å². The van der Waals surface area contributed by atoms with Gasteiger partial charge in [-0.05, 0) is 41.9 Å². The Morgan fingerprint density at radius 1 is 0.433 bits per heavy atom. The van der Waals surface area contributed by atoms with E-state index in [1.807, 2.05) is 0 Å². The van der Waals surface area contributed by atoms with Crippen LogP contribution in [-0.2, 0) is 10.8 Å². The molecule has 0 N–H and O–H groups in total. The smallest absolute Gasteiger partial charge is 0.0393 e. The van der Waals surface area contributed by atoms with E-state index >= 15 is 0 Å². The molecule has 0 radical (unpaired) electrons. The van der Waals surface area contributed by atoms with Gasteiger partial charge in [0.2, 0.25) is 0 Å². The lowest BCUT2D eigenvalue weighted by Crippen LogP contribution is -2.50. The Balaban J connectivity index is 1.93. The van der Waals surface area contributed by atoms with Gasteiger partial charge in [0.1, 0.15) is 0 Å². The number of rotatable bonds is 4. The predicted octanol–water partition coefficient (Wildman–Crippen LogP) is 7.61. The summed E-state index contributed by atoms with van der Waals surface area (Å²) in [6.07, 6.45) is 1.92. The molecule has 1 fully saturated rings. The molecule has 0 saturated carbocycles. The molecule has 0 amide bonds. The van der Waals surface area contributed by atoms with Crippen LogP contribution in [0.15, 0.2) is 121 Å². The van der Waals surface area contributed by atoms with Crippen LogP contribution in [0.1, 0.15) is 22.3 Å². The topological polar surface area (TPSA) is 0 Å². The van der Waals surface area contributed by atoms with E-state index in [4.69, 9.17) is 11.2 Å². The van der Waals surface area contributed by atoms with Crippen molar-refractivity contribution < 1.29 is 0 Å². The van der Waals surface area contributed by atoms with E-state index in [-0.39, 0.29) is 10.8 Å². The van der Waals surface area contributed by atoms with Crippen molar-refractivity contribution in [2.45, 2.75) is 10.8 Å². The Bertz CT molecular complexity index is 924. The first-order chi connectivity index (χ1) is 14.8. The van der Waals surface area contributed by atoms with E-state index < -0.39 is 7.27 Å². The van der Waals surface area contributed by atoms with Crippen molar-refractivity contribution in [2.75, 3.05) is 12.3 Å². The monoisotopic (exact) mass is 426 g/mol. The van der Waals surface area contributed by atoms with Gasteiger partial charge in [-0.15, -0.1) is 0 Å². The third-order valence-electron chi connectivity index (χ3n) is 6.61. The molecule has 5 rings (SSSR count). The molecule has 0 nitrogen and oxygen atoms in total. The summed E-state index contributed by atoms with van der Waals surface area (Å²) in [7, 11) is -0.663. The Morgan fingerprint density at radius 2 is 0.667 bits per heavy atom. The van der Waals surface area contributed by atoms with Crippen molar-refractivity contribution in [1.29, 1.82) is 0 Å². The zero-order valence-electron chi connectivity index (χ0n) is 16.8. The lowest BCUT2D eigenvalue weighted by molar-refractivity contribution is 0.392. The first-order valence-electron chi connectivity index (χ1n) is 10.4. The van der Waals surface area contributed by atoms with Crippen LogP contribution in [0.25, 0.3) is 0 Å². The summed E-state index contributed by atoms with van der Waals surface area (Å²) in [6, 6.07) is 44.0. The standard InChI is InChI=1S/C28H24ClP/c29-30-21-27(23-13-5-1-6-14-23,24-15-7-2-8-16-24)28(22-30,25-17-9-3-10-18-25)26-19-11-4-12-20-26/h1-20H,21-22H2. The van der Waals surface area contributed by atoms with Crippen molar-refractivity contribution in [3.63, 3.8) is 0 Å². The minimum Gasteiger partial charge on any atom is -0.0963 e. The third kappa shape index (κ3) is 2.94. The normalized spacial score (nSPS) is 17.6. The van der Waals surface area contributed by atoms with Crippen LogP contribution in [0.2, 0.25) is 0 Å². The Morgan fingerprint density at radius 3 is 0.900 bits per heavy atom. The molecular weight excluding hydrogens is 403 g/mol. The average molecular weight is 427 g/mol. The van der Waals surface area contributed by atoms with Gasteiger partial charge in [0.25, 0.3) is 0 Å². The molecule has 0 unspecified atom stereocenters. The van der Waals surface area contributed by atoms with Gasteiger partial charge in [0.15, 0.2) is 0 Å². The maximum absolute atomic E-state index is 7.15.